The molecule has 2 aliphatic rings. The van der Waals surface area contributed by atoms with Crippen LogP contribution in [0.1, 0.15) is 5.56 Å². The molecule has 4 rings (SSSR count). The molecule has 1 fully saturated rings. The summed E-state index contributed by atoms with van der Waals surface area (Å²) in [5.74, 6) is 1.71. The number of nitrogens with zero attached hydrogens (tertiary/aromatic N) is 2. The Hall–Kier alpha value is -1.62. The van der Waals surface area contributed by atoms with Gasteiger partial charge in [0.25, 0.3) is 0 Å². The van der Waals surface area contributed by atoms with Crippen LogP contribution in [0.15, 0.2) is 36.4 Å². The van der Waals surface area contributed by atoms with Gasteiger partial charge in [-0.05, 0) is 42.3 Å². The summed E-state index contributed by atoms with van der Waals surface area (Å²) in [6, 6.07) is 11.9. The molecule has 0 amide bonds. The zero-order chi connectivity index (χ0) is 17.2. The van der Waals surface area contributed by atoms with Crippen LogP contribution in [-0.4, -0.2) is 44.4 Å². The molecule has 0 atom stereocenters. The van der Waals surface area contributed by atoms with Gasteiger partial charge < -0.3 is 14.4 Å². The number of rotatable bonds is 4. The standard InChI is InChI=1S/C19H20Cl2N2O2/c20-15-2-3-17(16(21)12-15)23-9-7-22(8-10-23)6-5-14-1-4-18-19(11-14)25-13-24-18/h1-4,11-12H,5-10,13H2. The van der Waals surface area contributed by atoms with Crippen molar-refractivity contribution < 1.29 is 9.47 Å². The lowest BCUT2D eigenvalue weighted by Gasteiger charge is -2.36. The van der Waals surface area contributed by atoms with Gasteiger partial charge in [-0.1, -0.05) is 29.3 Å². The van der Waals surface area contributed by atoms with Crippen LogP contribution in [-0.2, 0) is 6.42 Å². The summed E-state index contributed by atoms with van der Waals surface area (Å²) in [6.07, 6.45) is 1.01. The van der Waals surface area contributed by atoms with Gasteiger partial charge >= 0.3 is 0 Å². The van der Waals surface area contributed by atoms with Crippen molar-refractivity contribution in [2.45, 2.75) is 6.42 Å². The normalized spacial score (nSPS) is 17.1. The summed E-state index contributed by atoms with van der Waals surface area (Å²) in [4.78, 5) is 4.82. The van der Waals surface area contributed by atoms with E-state index in [1.54, 1.807) is 0 Å². The molecule has 0 N–H and O–H groups in total. The van der Waals surface area contributed by atoms with Crippen LogP contribution in [0.25, 0.3) is 0 Å². The fourth-order valence-electron chi connectivity index (χ4n) is 3.33. The minimum Gasteiger partial charge on any atom is -0.454 e. The molecule has 4 nitrogen and oxygen atoms in total. The highest BCUT2D eigenvalue weighted by molar-refractivity contribution is 6.36. The van der Waals surface area contributed by atoms with Crippen LogP contribution in [0, 0.1) is 0 Å². The molecule has 0 spiro atoms. The van der Waals surface area contributed by atoms with E-state index in [0.717, 1.165) is 61.4 Å². The van der Waals surface area contributed by atoms with Gasteiger partial charge in [0, 0.05) is 37.7 Å². The molecule has 6 heteroatoms. The summed E-state index contributed by atoms with van der Waals surface area (Å²) >= 11 is 12.3. The molecule has 0 saturated carbocycles. The molecular formula is C19H20Cl2N2O2. The Kier molecular flexibility index (Phi) is 4.93. The van der Waals surface area contributed by atoms with E-state index in [-0.39, 0.29) is 0 Å². The lowest BCUT2D eigenvalue weighted by Crippen LogP contribution is -2.47. The highest BCUT2D eigenvalue weighted by Gasteiger charge is 2.19. The van der Waals surface area contributed by atoms with Gasteiger partial charge in [0.2, 0.25) is 6.79 Å². The molecule has 1 saturated heterocycles. The van der Waals surface area contributed by atoms with Crippen LogP contribution in [0.2, 0.25) is 10.0 Å². The maximum absolute atomic E-state index is 6.33. The van der Waals surface area contributed by atoms with Gasteiger partial charge in [-0.3, -0.25) is 4.90 Å². The van der Waals surface area contributed by atoms with Crippen LogP contribution < -0.4 is 14.4 Å². The fraction of sp³-hybridized carbons (Fsp3) is 0.368. The number of anilines is 1. The maximum Gasteiger partial charge on any atom is 0.231 e. The third-order valence-electron chi connectivity index (χ3n) is 4.78. The van der Waals surface area contributed by atoms with Crippen molar-refractivity contribution in [1.29, 1.82) is 0 Å². The van der Waals surface area contributed by atoms with Crippen LogP contribution in [0.3, 0.4) is 0 Å². The minimum absolute atomic E-state index is 0.327. The largest absolute Gasteiger partial charge is 0.454 e. The first-order valence-electron chi connectivity index (χ1n) is 8.50. The number of ether oxygens (including phenoxy) is 2. The average molecular weight is 379 g/mol. The molecule has 2 aromatic carbocycles. The Morgan fingerprint density at radius 1 is 0.880 bits per heavy atom. The van der Waals surface area contributed by atoms with E-state index in [1.807, 2.05) is 24.3 Å². The fourth-order valence-corrected chi connectivity index (χ4v) is 3.86. The van der Waals surface area contributed by atoms with E-state index in [9.17, 15) is 0 Å². The molecule has 0 aromatic heterocycles. The second-order valence-corrected chi connectivity index (χ2v) is 7.21. The Bertz CT molecular complexity index is 761. The van der Waals surface area contributed by atoms with Crippen LogP contribution in [0.5, 0.6) is 11.5 Å². The zero-order valence-corrected chi connectivity index (χ0v) is 15.4. The average Bonchev–Trinajstić information content (AvgIpc) is 3.08. The van der Waals surface area contributed by atoms with E-state index in [2.05, 4.69) is 21.9 Å². The molecule has 0 unspecified atom stereocenters. The van der Waals surface area contributed by atoms with E-state index in [1.165, 1.54) is 5.56 Å². The number of fused-ring (bicyclic) bond motifs is 1. The third-order valence-corrected chi connectivity index (χ3v) is 5.31. The van der Waals surface area contributed by atoms with E-state index < -0.39 is 0 Å². The van der Waals surface area contributed by atoms with E-state index >= 15 is 0 Å². The number of hydrogen-bond acceptors (Lipinski definition) is 4. The Labute approximate surface area is 157 Å². The summed E-state index contributed by atoms with van der Waals surface area (Å²) < 4.78 is 10.8. The van der Waals surface area contributed by atoms with E-state index in [0.29, 0.717) is 11.8 Å². The highest BCUT2D eigenvalue weighted by Crippen LogP contribution is 2.33. The summed E-state index contributed by atoms with van der Waals surface area (Å²) in [5, 5.41) is 1.40. The predicted molar refractivity (Wildman–Crippen MR) is 101 cm³/mol. The van der Waals surface area contributed by atoms with Gasteiger partial charge in [0.1, 0.15) is 0 Å². The smallest absolute Gasteiger partial charge is 0.231 e. The third kappa shape index (κ3) is 3.81. The van der Waals surface area contributed by atoms with Crippen molar-refractivity contribution >= 4 is 28.9 Å². The number of halogens is 2. The first-order chi connectivity index (χ1) is 12.2. The van der Waals surface area contributed by atoms with Crippen molar-refractivity contribution in [3.05, 3.63) is 52.0 Å². The molecular weight excluding hydrogens is 359 g/mol. The highest BCUT2D eigenvalue weighted by atomic mass is 35.5. The first-order valence-corrected chi connectivity index (χ1v) is 9.25. The Morgan fingerprint density at radius 2 is 1.68 bits per heavy atom. The summed E-state index contributed by atoms with van der Waals surface area (Å²) in [5.41, 5.74) is 2.36. The number of piperazine rings is 1. The topological polar surface area (TPSA) is 24.9 Å². The quantitative estimate of drug-likeness (QED) is 0.799. The molecule has 0 bridgehead atoms. The zero-order valence-electron chi connectivity index (χ0n) is 13.9. The second-order valence-electron chi connectivity index (χ2n) is 6.36. The number of benzene rings is 2. The van der Waals surface area contributed by atoms with Crippen LogP contribution >= 0.6 is 23.2 Å². The van der Waals surface area contributed by atoms with Crippen LogP contribution in [0.4, 0.5) is 5.69 Å². The maximum atomic E-state index is 6.33. The Morgan fingerprint density at radius 3 is 2.48 bits per heavy atom. The lowest BCUT2D eigenvalue weighted by atomic mass is 10.1. The monoisotopic (exact) mass is 378 g/mol. The molecule has 132 valence electrons. The van der Waals surface area contributed by atoms with Gasteiger partial charge in [0.05, 0.1) is 10.7 Å². The van der Waals surface area contributed by atoms with Gasteiger partial charge in [-0.25, -0.2) is 0 Å². The SMILES string of the molecule is Clc1ccc(N2CCN(CCc3ccc4c(c3)OCO4)CC2)c(Cl)c1. The molecule has 2 aliphatic heterocycles. The summed E-state index contributed by atoms with van der Waals surface area (Å²) in [6.45, 7) is 5.38. The molecule has 25 heavy (non-hydrogen) atoms. The van der Waals surface area contributed by atoms with Crippen molar-refractivity contribution in [2.75, 3.05) is 44.4 Å². The van der Waals surface area contributed by atoms with Crippen molar-refractivity contribution in [1.82, 2.24) is 4.90 Å². The molecule has 0 radical (unpaired) electrons. The molecule has 2 aromatic rings. The van der Waals surface area contributed by atoms with Crippen molar-refractivity contribution in [2.24, 2.45) is 0 Å². The predicted octanol–water partition coefficient (Wildman–Crippen LogP) is 4.09. The van der Waals surface area contributed by atoms with Gasteiger partial charge in [-0.2, -0.15) is 0 Å². The molecule has 2 heterocycles. The van der Waals surface area contributed by atoms with Gasteiger partial charge in [0.15, 0.2) is 11.5 Å². The first kappa shape index (κ1) is 16.8. The van der Waals surface area contributed by atoms with Gasteiger partial charge in [-0.15, -0.1) is 0 Å². The van der Waals surface area contributed by atoms with Crippen molar-refractivity contribution in [3.63, 3.8) is 0 Å². The van der Waals surface area contributed by atoms with E-state index in [4.69, 9.17) is 32.7 Å². The summed E-state index contributed by atoms with van der Waals surface area (Å²) in [7, 11) is 0. The minimum atomic E-state index is 0.327. The second kappa shape index (κ2) is 7.32. The molecule has 0 aliphatic carbocycles. The Balaban J connectivity index is 1.30. The number of hydrogen-bond donors (Lipinski definition) is 0. The lowest BCUT2D eigenvalue weighted by molar-refractivity contribution is 0.174. The van der Waals surface area contributed by atoms with Crippen molar-refractivity contribution in [3.8, 4) is 11.5 Å².